The van der Waals surface area contributed by atoms with Gasteiger partial charge in [-0.25, -0.2) is 9.79 Å². The fraction of sp³-hybridized carbons (Fsp3) is 0.297. The van der Waals surface area contributed by atoms with E-state index in [1.807, 2.05) is 57.2 Å². The first-order valence-electron chi connectivity index (χ1n) is 15.7. The molecule has 49 heavy (non-hydrogen) atoms. The molecule has 0 aliphatic carbocycles. The average Bonchev–Trinajstić information content (AvgIpc) is 3.37. The van der Waals surface area contributed by atoms with E-state index in [1.165, 1.54) is 15.9 Å². The Kier molecular flexibility index (Phi) is 11.5. The molecule has 254 valence electrons. The van der Waals surface area contributed by atoms with E-state index in [0.717, 1.165) is 14.7 Å². The highest BCUT2D eigenvalue weighted by Crippen LogP contribution is 2.37. The number of rotatable bonds is 12. The van der Waals surface area contributed by atoms with Crippen LogP contribution in [0.3, 0.4) is 0 Å². The van der Waals surface area contributed by atoms with Crippen molar-refractivity contribution in [3.05, 3.63) is 111 Å². The fourth-order valence-corrected chi connectivity index (χ4v) is 7.27. The Balaban J connectivity index is 1.61. The monoisotopic (exact) mass is 793 g/mol. The minimum atomic E-state index is -0.814. The van der Waals surface area contributed by atoms with Crippen LogP contribution >= 0.6 is 33.9 Å². The first kappa shape index (κ1) is 35.7. The van der Waals surface area contributed by atoms with Gasteiger partial charge in [0.2, 0.25) is 0 Å². The van der Waals surface area contributed by atoms with Crippen molar-refractivity contribution in [3.8, 4) is 29.1 Å². The van der Waals surface area contributed by atoms with Gasteiger partial charge in [0.05, 0.1) is 63.5 Å². The van der Waals surface area contributed by atoms with E-state index in [9.17, 15) is 14.9 Å². The molecule has 12 heteroatoms. The second-order valence-electron chi connectivity index (χ2n) is 11.2. The molecule has 5 rings (SSSR count). The quantitative estimate of drug-likeness (QED) is 0.126. The van der Waals surface area contributed by atoms with Crippen molar-refractivity contribution in [2.45, 2.75) is 53.4 Å². The normalized spacial score (nSPS) is 14.2. The fourth-order valence-electron chi connectivity index (χ4n) is 5.44. The summed E-state index contributed by atoms with van der Waals surface area (Å²) in [6.07, 6.45) is 1.70. The van der Waals surface area contributed by atoms with Crippen molar-refractivity contribution in [1.29, 1.82) is 5.26 Å². The molecule has 0 unspecified atom stereocenters. The Morgan fingerprint density at radius 1 is 1.08 bits per heavy atom. The van der Waals surface area contributed by atoms with Gasteiger partial charge in [-0.05, 0) is 105 Å². The van der Waals surface area contributed by atoms with Gasteiger partial charge < -0.3 is 23.7 Å². The molecule has 0 saturated heterocycles. The van der Waals surface area contributed by atoms with Crippen molar-refractivity contribution < 1.29 is 28.5 Å². The van der Waals surface area contributed by atoms with Gasteiger partial charge in [-0.15, -0.1) is 0 Å². The molecule has 0 N–H and O–H groups in total. The van der Waals surface area contributed by atoms with E-state index in [4.69, 9.17) is 28.7 Å². The first-order chi connectivity index (χ1) is 23.6. The minimum absolute atomic E-state index is 0.0816. The summed E-state index contributed by atoms with van der Waals surface area (Å²) >= 11 is 3.41. The van der Waals surface area contributed by atoms with Crippen LogP contribution in [-0.2, 0) is 16.1 Å². The first-order valence-corrected chi connectivity index (χ1v) is 17.6. The summed E-state index contributed by atoms with van der Waals surface area (Å²) < 4.78 is 31.9. The Morgan fingerprint density at radius 3 is 2.55 bits per heavy atom. The lowest BCUT2D eigenvalue weighted by atomic mass is 9.95. The zero-order valence-electron chi connectivity index (χ0n) is 28.0. The molecule has 0 spiro atoms. The van der Waals surface area contributed by atoms with Crippen LogP contribution in [0.4, 0.5) is 0 Å². The van der Waals surface area contributed by atoms with Crippen LogP contribution in [-0.4, -0.2) is 37.0 Å². The molecule has 10 nitrogen and oxygen atoms in total. The van der Waals surface area contributed by atoms with Gasteiger partial charge in [0.25, 0.3) is 5.56 Å². The second kappa shape index (κ2) is 15.7. The van der Waals surface area contributed by atoms with Gasteiger partial charge in [-0.1, -0.05) is 35.6 Å². The van der Waals surface area contributed by atoms with Crippen LogP contribution in [0.2, 0.25) is 0 Å². The maximum Gasteiger partial charge on any atom is 0.338 e. The van der Waals surface area contributed by atoms with Crippen molar-refractivity contribution in [2.75, 3.05) is 20.3 Å². The highest BCUT2D eigenvalue weighted by molar-refractivity contribution is 14.1. The Bertz CT molecular complexity index is 2150. The molecule has 4 aromatic rings. The molecule has 0 fully saturated rings. The summed E-state index contributed by atoms with van der Waals surface area (Å²) in [5.41, 5.74) is 3.09. The zero-order chi connectivity index (χ0) is 35.2. The maximum atomic E-state index is 14.3. The maximum absolute atomic E-state index is 14.3. The Hall–Kier alpha value is -4.61. The number of nitrogens with zero attached hydrogens (tertiary/aromatic N) is 3. The second-order valence-corrected chi connectivity index (χ2v) is 13.4. The smallest absolute Gasteiger partial charge is 0.338 e. The lowest BCUT2D eigenvalue weighted by molar-refractivity contribution is -0.139. The lowest BCUT2D eigenvalue weighted by Gasteiger charge is -2.25. The Labute approximate surface area is 302 Å². The third kappa shape index (κ3) is 7.68. The number of thiazole rings is 1. The predicted molar refractivity (Wildman–Crippen MR) is 195 cm³/mol. The molecule has 1 aliphatic rings. The molecule has 0 radical (unpaired) electrons. The molecular formula is C37H36IN3O7S. The van der Waals surface area contributed by atoms with Gasteiger partial charge in [0.15, 0.2) is 27.8 Å². The number of hydrogen-bond acceptors (Lipinski definition) is 10. The summed E-state index contributed by atoms with van der Waals surface area (Å²) in [5, 5.41) is 9.49. The van der Waals surface area contributed by atoms with Gasteiger partial charge in [-0.3, -0.25) is 9.36 Å². The third-order valence-corrected chi connectivity index (χ3v) is 9.31. The topological polar surface area (TPSA) is 121 Å². The number of carbonyl (C=O) groups excluding carboxylic acids is 1. The van der Waals surface area contributed by atoms with Crippen LogP contribution in [0.5, 0.6) is 23.0 Å². The summed E-state index contributed by atoms with van der Waals surface area (Å²) in [6, 6.07) is 17.8. The van der Waals surface area contributed by atoms with Crippen molar-refractivity contribution in [2.24, 2.45) is 4.99 Å². The third-order valence-electron chi connectivity index (χ3n) is 7.52. The van der Waals surface area contributed by atoms with Crippen LogP contribution in [0.25, 0.3) is 6.08 Å². The number of hydrogen-bond donors (Lipinski definition) is 0. The minimum Gasteiger partial charge on any atom is -0.493 e. The van der Waals surface area contributed by atoms with Crippen LogP contribution < -0.4 is 33.8 Å². The molecule has 1 atom stereocenters. The predicted octanol–water partition coefficient (Wildman–Crippen LogP) is 6.05. The molecular weight excluding hydrogens is 757 g/mol. The molecule has 0 amide bonds. The standard InChI is InChI=1S/C37H36IN3O7S/c1-7-45-30-16-23(15-27(38)34(30)47-20-26-12-10-9-11-25(26)19-39)17-31-35(42)41-33(24-13-14-28(48-21(3)4)29(18-24)44-6)32(36(43)46-8-2)22(5)40-37(41)49-31/h9-18,21,33H,7-8,20H2,1-6H3/b31-17-/t33-/m1/s1. The number of carbonyl (C=O) groups is 1. The molecule has 0 saturated carbocycles. The van der Waals surface area contributed by atoms with Crippen LogP contribution in [0.15, 0.2) is 75.7 Å². The van der Waals surface area contributed by atoms with E-state index in [1.54, 1.807) is 45.2 Å². The number of fused-ring (bicyclic) bond motifs is 1. The number of methoxy groups -OCH3 is 1. The van der Waals surface area contributed by atoms with E-state index < -0.39 is 12.0 Å². The molecule has 3 aromatic carbocycles. The number of aromatic nitrogens is 1. The van der Waals surface area contributed by atoms with E-state index in [2.05, 4.69) is 28.7 Å². The summed E-state index contributed by atoms with van der Waals surface area (Å²) in [7, 11) is 1.55. The van der Waals surface area contributed by atoms with Gasteiger partial charge >= 0.3 is 5.97 Å². The zero-order valence-corrected chi connectivity index (χ0v) is 31.0. The largest absolute Gasteiger partial charge is 0.493 e. The summed E-state index contributed by atoms with van der Waals surface area (Å²) in [6.45, 7) is 9.96. The number of benzene rings is 3. The highest BCUT2D eigenvalue weighted by atomic mass is 127. The van der Waals surface area contributed by atoms with Gasteiger partial charge in [0, 0.05) is 5.56 Å². The summed E-state index contributed by atoms with van der Waals surface area (Å²) in [5.74, 6) is 1.53. The molecule has 0 bridgehead atoms. The molecule has 1 aliphatic heterocycles. The van der Waals surface area contributed by atoms with E-state index in [0.29, 0.717) is 55.8 Å². The van der Waals surface area contributed by atoms with E-state index in [-0.39, 0.29) is 30.5 Å². The molecule has 2 heterocycles. The number of ether oxygens (including phenoxy) is 5. The average molecular weight is 794 g/mol. The van der Waals surface area contributed by atoms with Gasteiger partial charge in [-0.2, -0.15) is 5.26 Å². The van der Waals surface area contributed by atoms with Crippen molar-refractivity contribution in [1.82, 2.24) is 4.57 Å². The Morgan fingerprint density at radius 2 is 1.86 bits per heavy atom. The van der Waals surface area contributed by atoms with Crippen molar-refractivity contribution >= 4 is 46.0 Å². The highest BCUT2D eigenvalue weighted by Gasteiger charge is 2.34. The lowest BCUT2D eigenvalue weighted by Crippen LogP contribution is -2.40. The van der Waals surface area contributed by atoms with Crippen molar-refractivity contribution in [3.63, 3.8) is 0 Å². The number of nitriles is 1. The SMILES string of the molecule is CCOC(=O)C1=C(C)N=c2s/c(=C\c3cc(I)c(OCc4ccccc4C#N)c(OCC)c3)c(=O)n2[C@@H]1c1ccc(OC(C)C)c(OC)c1. The number of esters is 1. The van der Waals surface area contributed by atoms with Crippen LogP contribution in [0, 0.1) is 14.9 Å². The van der Waals surface area contributed by atoms with Crippen LogP contribution in [0.1, 0.15) is 62.9 Å². The van der Waals surface area contributed by atoms with Gasteiger partial charge in [0.1, 0.15) is 6.61 Å². The van der Waals surface area contributed by atoms with E-state index >= 15 is 0 Å². The number of halogens is 1. The molecule has 1 aromatic heterocycles. The number of allylic oxidation sites excluding steroid dienone is 1. The summed E-state index contributed by atoms with van der Waals surface area (Å²) in [4.78, 5) is 32.8.